The van der Waals surface area contributed by atoms with Crippen molar-refractivity contribution in [2.24, 2.45) is 0 Å². The molecule has 162 valence electrons. The Hall–Kier alpha value is -2.75. The molecule has 0 amide bonds. The third kappa shape index (κ3) is 4.34. The lowest BCUT2D eigenvalue weighted by molar-refractivity contribution is 0.382. The number of benzene rings is 2. The number of anilines is 1. The predicted octanol–water partition coefficient (Wildman–Crippen LogP) is 2.60. The van der Waals surface area contributed by atoms with E-state index >= 15 is 0 Å². The normalized spacial score (nSPS) is 15.2. The van der Waals surface area contributed by atoms with Gasteiger partial charge in [-0.1, -0.05) is 54.1 Å². The van der Waals surface area contributed by atoms with Crippen molar-refractivity contribution in [2.75, 3.05) is 31.1 Å². The fourth-order valence-electron chi connectivity index (χ4n) is 3.51. The smallest absolute Gasteiger partial charge is 0.287 e. The number of halogens is 2. The van der Waals surface area contributed by atoms with Gasteiger partial charge in [-0.3, -0.25) is 4.79 Å². The topological polar surface area (TPSA) is 75.5 Å². The van der Waals surface area contributed by atoms with E-state index in [0.717, 1.165) is 11.6 Å². The second-order valence-corrected chi connectivity index (χ2v) is 9.40. The second-order valence-electron chi connectivity index (χ2n) is 7.11. The summed E-state index contributed by atoms with van der Waals surface area (Å²) in [5.41, 5.74) is 0.969. The Balaban J connectivity index is 1.50. The van der Waals surface area contributed by atoms with Gasteiger partial charge < -0.3 is 4.90 Å². The summed E-state index contributed by atoms with van der Waals surface area (Å²) in [4.78, 5) is 14.2. The molecule has 1 saturated heterocycles. The van der Waals surface area contributed by atoms with Gasteiger partial charge in [0.1, 0.15) is 15.7 Å². The monoisotopic (exact) mass is 462 g/mol. The van der Waals surface area contributed by atoms with Crippen molar-refractivity contribution >= 4 is 27.3 Å². The summed E-state index contributed by atoms with van der Waals surface area (Å²) in [5.74, 6) is -0.779. The van der Waals surface area contributed by atoms with Crippen LogP contribution in [0.4, 0.5) is 10.1 Å². The van der Waals surface area contributed by atoms with Crippen molar-refractivity contribution in [1.29, 1.82) is 0 Å². The Labute approximate surface area is 184 Å². The first-order chi connectivity index (χ1) is 14.9. The molecule has 1 aliphatic heterocycles. The highest BCUT2D eigenvalue weighted by atomic mass is 35.5. The molecule has 31 heavy (non-hydrogen) atoms. The maximum Gasteiger partial charge on any atom is 0.287 e. The van der Waals surface area contributed by atoms with Crippen LogP contribution >= 0.6 is 11.6 Å². The largest absolute Gasteiger partial charge is 0.366 e. The van der Waals surface area contributed by atoms with E-state index in [2.05, 4.69) is 5.10 Å². The van der Waals surface area contributed by atoms with Crippen molar-refractivity contribution in [3.63, 3.8) is 0 Å². The number of aromatic nitrogens is 2. The van der Waals surface area contributed by atoms with Crippen LogP contribution in [0.1, 0.15) is 5.56 Å². The zero-order valence-corrected chi connectivity index (χ0v) is 18.1. The van der Waals surface area contributed by atoms with Crippen LogP contribution in [0.5, 0.6) is 0 Å². The van der Waals surface area contributed by atoms with Crippen LogP contribution in [-0.4, -0.2) is 48.7 Å². The molecule has 0 radical (unpaired) electrons. The summed E-state index contributed by atoms with van der Waals surface area (Å²) in [6, 6.07) is 14.8. The van der Waals surface area contributed by atoms with Gasteiger partial charge >= 0.3 is 0 Å². The number of hydrogen-bond acceptors (Lipinski definition) is 5. The van der Waals surface area contributed by atoms with Crippen LogP contribution in [-0.2, 0) is 16.6 Å². The van der Waals surface area contributed by atoms with E-state index in [1.54, 1.807) is 0 Å². The standard InChI is InChI=1S/C21H20ClFN4O3S/c22-20-18(14-24-27(21(20)28)15-16-6-2-1-3-7-16)25-10-12-26(13-11-25)31(29,30)19-9-5-4-8-17(19)23/h1-9,14H,10-13,15H2. The molecule has 0 N–H and O–H groups in total. The van der Waals surface area contributed by atoms with Gasteiger partial charge in [0.25, 0.3) is 5.56 Å². The highest BCUT2D eigenvalue weighted by Gasteiger charge is 2.31. The van der Waals surface area contributed by atoms with Crippen molar-refractivity contribution in [3.8, 4) is 0 Å². The van der Waals surface area contributed by atoms with Gasteiger partial charge in [0.05, 0.1) is 18.4 Å². The number of hydrogen-bond donors (Lipinski definition) is 0. The molecule has 1 aromatic heterocycles. The average molecular weight is 463 g/mol. The van der Waals surface area contributed by atoms with Crippen molar-refractivity contribution in [2.45, 2.75) is 11.4 Å². The molecule has 2 aromatic carbocycles. The van der Waals surface area contributed by atoms with E-state index in [9.17, 15) is 17.6 Å². The molecular weight excluding hydrogens is 443 g/mol. The molecule has 3 aromatic rings. The van der Waals surface area contributed by atoms with E-state index in [1.807, 2.05) is 35.2 Å². The van der Waals surface area contributed by atoms with Crippen molar-refractivity contribution in [1.82, 2.24) is 14.1 Å². The SMILES string of the molecule is O=c1c(Cl)c(N2CCN(S(=O)(=O)c3ccccc3F)CC2)cnn1Cc1ccccc1. The molecule has 10 heteroatoms. The quantitative estimate of drug-likeness (QED) is 0.582. The van der Waals surface area contributed by atoms with Gasteiger partial charge in [-0.15, -0.1) is 0 Å². The number of sulfonamides is 1. The number of piperazine rings is 1. The van der Waals surface area contributed by atoms with Gasteiger partial charge in [-0.2, -0.15) is 9.40 Å². The lowest BCUT2D eigenvalue weighted by Crippen LogP contribution is -2.49. The summed E-state index contributed by atoms with van der Waals surface area (Å²) in [6.07, 6.45) is 1.52. The molecule has 1 fully saturated rings. The van der Waals surface area contributed by atoms with Crippen LogP contribution in [0, 0.1) is 5.82 Å². The third-order valence-electron chi connectivity index (χ3n) is 5.18. The van der Waals surface area contributed by atoms with E-state index in [0.29, 0.717) is 25.3 Å². The van der Waals surface area contributed by atoms with Crippen LogP contribution in [0.3, 0.4) is 0 Å². The second kappa shape index (κ2) is 8.78. The molecule has 0 bridgehead atoms. The third-order valence-corrected chi connectivity index (χ3v) is 7.46. The molecule has 0 aliphatic carbocycles. The van der Waals surface area contributed by atoms with E-state index in [1.165, 1.54) is 33.4 Å². The van der Waals surface area contributed by atoms with Gasteiger partial charge in [-0.05, 0) is 17.7 Å². The Morgan fingerprint density at radius 1 is 0.968 bits per heavy atom. The summed E-state index contributed by atoms with van der Waals surface area (Å²) in [6.45, 7) is 1.18. The fraction of sp³-hybridized carbons (Fsp3) is 0.238. The summed E-state index contributed by atoms with van der Waals surface area (Å²) in [7, 11) is -3.94. The average Bonchev–Trinajstić information content (AvgIpc) is 2.78. The first kappa shape index (κ1) is 21.5. The minimum absolute atomic E-state index is 0.0383. The Morgan fingerprint density at radius 3 is 2.29 bits per heavy atom. The maximum absolute atomic E-state index is 14.0. The molecule has 0 atom stereocenters. The molecule has 1 aliphatic rings. The molecule has 0 spiro atoms. The summed E-state index contributed by atoms with van der Waals surface area (Å²) >= 11 is 6.34. The zero-order valence-electron chi connectivity index (χ0n) is 16.5. The first-order valence-electron chi connectivity index (χ1n) is 9.67. The van der Waals surface area contributed by atoms with Crippen LogP contribution in [0.15, 0.2) is 70.5 Å². The van der Waals surface area contributed by atoms with Gasteiger partial charge in [0, 0.05) is 26.2 Å². The Morgan fingerprint density at radius 2 is 1.61 bits per heavy atom. The number of nitrogens with zero attached hydrogens (tertiary/aromatic N) is 4. The van der Waals surface area contributed by atoms with E-state index in [-0.39, 0.29) is 23.0 Å². The summed E-state index contributed by atoms with van der Waals surface area (Å²) in [5, 5.41) is 4.27. The van der Waals surface area contributed by atoms with Crippen LogP contribution < -0.4 is 10.5 Å². The molecule has 7 nitrogen and oxygen atoms in total. The highest BCUT2D eigenvalue weighted by molar-refractivity contribution is 7.89. The first-order valence-corrected chi connectivity index (χ1v) is 11.5. The van der Waals surface area contributed by atoms with Gasteiger partial charge in [-0.25, -0.2) is 17.5 Å². The van der Waals surface area contributed by atoms with Crippen LogP contribution in [0.2, 0.25) is 5.02 Å². The minimum atomic E-state index is -3.94. The lowest BCUT2D eigenvalue weighted by Gasteiger charge is -2.35. The molecule has 2 heterocycles. The maximum atomic E-state index is 14.0. The molecule has 4 rings (SSSR count). The molecule has 0 saturated carbocycles. The van der Waals surface area contributed by atoms with E-state index < -0.39 is 21.4 Å². The minimum Gasteiger partial charge on any atom is -0.366 e. The van der Waals surface area contributed by atoms with Crippen LogP contribution in [0.25, 0.3) is 0 Å². The van der Waals surface area contributed by atoms with Gasteiger partial charge in [0.15, 0.2) is 0 Å². The molecule has 0 unspecified atom stereocenters. The molecular formula is C21H20ClFN4O3S. The number of rotatable bonds is 5. The van der Waals surface area contributed by atoms with E-state index in [4.69, 9.17) is 11.6 Å². The highest BCUT2D eigenvalue weighted by Crippen LogP contribution is 2.25. The predicted molar refractivity (Wildman–Crippen MR) is 116 cm³/mol. The Kier molecular flexibility index (Phi) is 6.08. The fourth-order valence-corrected chi connectivity index (χ4v) is 5.26. The summed E-state index contributed by atoms with van der Waals surface area (Å²) < 4.78 is 42.1. The van der Waals surface area contributed by atoms with Crippen molar-refractivity contribution < 1.29 is 12.8 Å². The van der Waals surface area contributed by atoms with Crippen molar-refractivity contribution in [3.05, 3.63) is 87.6 Å². The zero-order chi connectivity index (χ0) is 22.0. The Bertz CT molecular complexity index is 1240. The lowest BCUT2D eigenvalue weighted by atomic mass is 10.2. The van der Waals surface area contributed by atoms with Gasteiger partial charge in [0.2, 0.25) is 10.0 Å².